The Morgan fingerprint density at radius 1 is 1.11 bits per heavy atom. The number of nitrogens with one attached hydrogen (secondary N) is 1. The van der Waals surface area contributed by atoms with Crippen molar-refractivity contribution in [1.82, 2.24) is 30.0 Å². The fourth-order valence-electron chi connectivity index (χ4n) is 2.83. The molecule has 0 unspecified atom stereocenters. The molecule has 0 fully saturated rings. The third kappa shape index (κ3) is 3.74. The number of carbonyl (C=O) groups excluding carboxylic acids is 1. The minimum absolute atomic E-state index is 0.0998. The molecule has 0 saturated heterocycles. The lowest BCUT2D eigenvalue weighted by molar-refractivity contribution is -0.115. The van der Waals surface area contributed by atoms with E-state index >= 15 is 0 Å². The van der Waals surface area contributed by atoms with Crippen LogP contribution in [0, 0.1) is 6.92 Å². The molecule has 0 atom stereocenters. The fraction of sp³-hybridized carbons (Fsp3) is 0.105. The maximum absolute atomic E-state index is 12.4. The van der Waals surface area contributed by atoms with Gasteiger partial charge in [-0.3, -0.25) is 4.79 Å². The SMILES string of the molecule is Cc1cc(NC(=O)Cc2cnn(-c3ccccc3)c2)ccc1-n1cnnn1. The summed E-state index contributed by atoms with van der Waals surface area (Å²) in [6.07, 6.45) is 5.35. The fourth-order valence-corrected chi connectivity index (χ4v) is 2.83. The van der Waals surface area contributed by atoms with E-state index in [4.69, 9.17) is 0 Å². The average molecular weight is 359 g/mol. The molecule has 0 aliphatic rings. The maximum atomic E-state index is 12.4. The summed E-state index contributed by atoms with van der Waals surface area (Å²) in [5.41, 5.74) is 4.35. The van der Waals surface area contributed by atoms with Crippen LogP contribution in [0.1, 0.15) is 11.1 Å². The van der Waals surface area contributed by atoms with E-state index in [2.05, 4.69) is 25.9 Å². The molecule has 8 heteroatoms. The minimum atomic E-state index is -0.0998. The van der Waals surface area contributed by atoms with Gasteiger partial charge in [-0.05, 0) is 58.8 Å². The number of para-hydroxylation sites is 1. The summed E-state index contributed by atoms with van der Waals surface area (Å²) in [6.45, 7) is 1.94. The van der Waals surface area contributed by atoms with Gasteiger partial charge in [-0.15, -0.1) is 5.10 Å². The molecule has 4 aromatic rings. The van der Waals surface area contributed by atoms with E-state index in [9.17, 15) is 4.79 Å². The monoisotopic (exact) mass is 359 g/mol. The van der Waals surface area contributed by atoms with Crippen LogP contribution in [0.25, 0.3) is 11.4 Å². The van der Waals surface area contributed by atoms with Crippen LogP contribution in [0.4, 0.5) is 5.69 Å². The molecule has 2 heterocycles. The van der Waals surface area contributed by atoms with Gasteiger partial charge in [0, 0.05) is 11.9 Å². The molecule has 2 aromatic carbocycles. The molecule has 0 spiro atoms. The molecule has 1 amide bonds. The predicted molar refractivity (Wildman–Crippen MR) is 99.8 cm³/mol. The summed E-state index contributed by atoms with van der Waals surface area (Å²) in [6, 6.07) is 15.4. The van der Waals surface area contributed by atoms with Crippen LogP contribution in [-0.4, -0.2) is 35.9 Å². The van der Waals surface area contributed by atoms with Crippen molar-refractivity contribution in [2.45, 2.75) is 13.3 Å². The lowest BCUT2D eigenvalue weighted by atomic mass is 10.1. The van der Waals surface area contributed by atoms with E-state index < -0.39 is 0 Å². The highest BCUT2D eigenvalue weighted by Crippen LogP contribution is 2.18. The van der Waals surface area contributed by atoms with Crippen LogP contribution in [0.3, 0.4) is 0 Å². The lowest BCUT2D eigenvalue weighted by Crippen LogP contribution is -2.14. The molecule has 0 aliphatic carbocycles. The van der Waals surface area contributed by atoms with Crippen LogP contribution in [0.5, 0.6) is 0 Å². The highest BCUT2D eigenvalue weighted by Gasteiger charge is 2.09. The first-order valence-corrected chi connectivity index (χ1v) is 8.42. The molecule has 134 valence electrons. The summed E-state index contributed by atoms with van der Waals surface area (Å²) in [4.78, 5) is 12.4. The molecule has 0 aliphatic heterocycles. The Kier molecular flexibility index (Phi) is 4.44. The van der Waals surface area contributed by atoms with Crippen LogP contribution in [-0.2, 0) is 11.2 Å². The van der Waals surface area contributed by atoms with Gasteiger partial charge in [0.1, 0.15) is 6.33 Å². The van der Waals surface area contributed by atoms with E-state index in [0.29, 0.717) is 0 Å². The van der Waals surface area contributed by atoms with Crippen molar-refractivity contribution in [2.24, 2.45) is 0 Å². The topological polar surface area (TPSA) is 90.5 Å². The number of aromatic nitrogens is 6. The normalized spacial score (nSPS) is 10.7. The number of carbonyl (C=O) groups is 1. The zero-order valence-electron chi connectivity index (χ0n) is 14.6. The first-order chi connectivity index (χ1) is 13.2. The first kappa shape index (κ1) is 16.6. The van der Waals surface area contributed by atoms with E-state index in [0.717, 1.165) is 28.2 Å². The van der Waals surface area contributed by atoms with E-state index in [1.165, 1.54) is 6.33 Å². The Bertz CT molecular complexity index is 1050. The first-order valence-electron chi connectivity index (χ1n) is 8.42. The number of hydrogen-bond acceptors (Lipinski definition) is 5. The standard InChI is InChI=1S/C19H17N7O/c1-14-9-16(7-8-18(14)26-13-20-23-24-26)22-19(27)10-15-11-21-25(12-15)17-5-3-2-4-6-17/h2-9,11-13H,10H2,1H3,(H,22,27). The third-order valence-electron chi connectivity index (χ3n) is 4.10. The molecular weight excluding hydrogens is 342 g/mol. The summed E-state index contributed by atoms with van der Waals surface area (Å²) in [7, 11) is 0. The van der Waals surface area contributed by atoms with E-state index in [-0.39, 0.29) is 12.3 Å². The van der Waals surface area contributed by atoms with Crippen LogP contribution >= 0.6 is 0 Å². The van der Waals surface area contributed by atoms with Crippen molar-refractivity contribution in [3.8, 4) is 11.4 Å². The van der Waals surface area contributed by atoms with Crippen molar-refractivity contribution >= 4 is 11.6 Å². The smallest absolute Gasteiger partial charge is 0.228 e. The zero-order valence-corrected chi connectivity index (χ0v) is 14.6. The van der Waals surface area contributed by atoms with Gasteiger partial charge in [0.05, 0.1) is 24.0 Å². The number of rotatable bonds is 5. The summed E-state index contributed by atoms with van der Waals surface area (Å²) in [5, 5.41) is 18.4. The number of tetrazole rings is 1. The highest BCUT2D eigenvalue weighted by molar-refractivity contribution is 5.92. The lowest BCUT2D eigenvalue weighted by Gasteiger charge is -2.09. The van der Waals surface area contributed by atoms with Gasteiger partial charge in [0.25, 0.3) is 0 Å². The number of nitrogens with zero attached hydrogens (tertiary/aromatic N) is 6. The number of amides is 1. The second-order valence-electron chi connectivity index (χ2n) is 6.11. The van der Waals surface area contributed by atoms with Crippen LogP contribution < -0.4 is 5.32 Å². The van der Waals surface area contributed by atoms with Gasteiger partial charge >= 0.3 is 0 Å². The molecule has 8 nitrogen and oxygen atoms in total. The Labute approximate surface area is 155 Å². The Balaban J connectivity index is 1.43. The van der Waals surface area contributed by atoms with Crippen molar-refractivity contribution in [2.75, 3.05) is 5.32 Å². The highest BCUT2D eigenvalue weighted by atomic mass is 16.1. The van der Waals surface area contributed by atoms with E-state index in [1.54, 1.807) is 15.6 Å². The summed E-state index contributed by atoms with van der Waals surface area (Å²) >= 11 is 0. The second kappa shape index (κ2) is 7.20. The van der Waals surface area contributed by atoms with Gasteiger partial charge in [-0.25, -0.2) is 9.36 Å². The van der Waals surface area contributed by atoms with Gasteiger partial charge in [0.2, 0.25) is 5.91 Å². The van der Waals surface area contributed by atoms with E-state index in [1.807, 2.05) is 61.7 Å². The molecular formula is C19H17N7O. The molecule has 0 bridgehead atoms. The number of benzene rings is 2. The third-order valence-corrected chi connectivity index (χ3v) is 4.10. The molecule has 0 radical (unpaired) electrons. The second-order valence-corrected chi connectivity index (χ2v) is 6.11. The van der Waals surface area contributed by atoms with Crippen LogP contribution in [0.2, 0.25) is 0 Å². The Morgan fingerprint density at radius 3 is 2.70 bits per heavy atom. The summed E-state index contributed by atoms with van der Waals surface area (Å²) in [5.74, 6) is -0.0998. The average Bonchev–Trinajstić information content (AvgIpc) is 3.35. The number of aryl methyl sites for hydroxylation is 1. The van der Waals surface area contributed by atoms with Crippen molar-refractivity contribution in [3.05, 3.63) is 78.4 Å². The molecule has 27 heavy (non-hydrogen) atoms. The van der Waals surface area contributed by atoms with Gasteiger partial charge < -0.3 is 5.32 Å². The van der Waals surface area contributed by atoms with Crippen molar-refractivity contribution < 1.29 is 4.79 Å². The molecule has 2 aromatic heterocycles. The van der Waals surface area contributed by atoms with Gasteiger partial charge in [0.15, 0.2) is 0 Å². The van der Waals surface area contributed by atoms with Crippen molar-refractivity contribution in [1.29, 1.82) is 0 Å². The number of hydrogen-bond donors (Lipinski definition) is 1. The zero-order chi connectivity index (χ0) is 18.6. The Morgan fingerprint density at radius 2 is 1.96 bits per heavy atom. The van der Waals surface area contributed by atoms with Gasteiger partial charge in [-0.2, -0.15) is 5.10 Å². The molecule has 4 rings (SSSR count). The predicted octanol–water partition coefficient (Wildman–Crippen LogP) is 2.34. The largest absolute Gasteiger partial charge is 0.326 e. The quantitative estimate of drug-likeness (QED) is 0.591. The number of anilines is 1. The molecule has 1 N–H and O–H groups in total. The maximum Gasteiger partial charge on any atom is 0.228 e. The van der Waals surface area contributed by atoms with Crippen LogP contribution in [0.15, 0.2) is 67.3 Å². The minimum Gasteiger partial charge on any atom is -0.326 e. The van der Waals surface area contributed by atoms with Crippen molar-refractivity contribution in [3.63, 3.8) is 0 Å². The van der Waals surface area contributed by atoms with Gasteiger partial charge in [-0.1, -0.05) is 18.2 Å². The summed E-state index contributed by atoms with van der Waals surface area (Å²) < 4.78 is 3.34. The molecule has 0 saturated carbocycles. The Hall–Kier alpha value is -3.81.